The van der Waals surface area contributed by atoms with Crippen molar-refractivity contribution in [3.8, 4) is 11.5 Å². The zero-order valence-corrected chi connectivity index (χ0v) is 17.5. The Balaban J connectivity index is 1.74. The highest BCUT2D eigenvalue weighted by atomic mass is 19.4. The molecule has 15 heteroatoms. The third-order valence-electron chi connectivity index (χ3n) is 4.51. The number of hydrogen-bond donors (Lipinski definition) is 1. The quantitative estimate of drug-likeness (QED) is 0.161. The minimum atomic E-state index is -4.78. The smallest absolute Gasteiger partial charge is 0.416 e. The summed E-state index contributed by atoms with van der Waals surface area (Å²) < 4.78 is 82.1. The van der Waals surface area contributed by atoms with Gasteiger partial charge in [-0.1, -0.05) is 0 Å². The van der Waals surface area contributed by atoms with Crippen molar-refractivity contribution < 1.29 is 40.9 Å². The van der Waals surface area contributed by atoms with Crippen molar-refractivity contribution in [2.24, 2.45) is 5.10 Å². The van der Waals surface area contributed by atoms with Gasteiger partial charge in [0.25, 0.3) is 5.69 Å². The minimum Gasteiger partial charge on any atom is -0.450 e. The fraction of sp³-hybridized carbons (Fsp3) is 0.0952. The highest BCUT2D eigenvalue weighted by Gasteiger charge is 2.34. The van der Waals surface area contributed by atoms with Gasteiger partial charge in [0, 0.05) is 12.1 Å². The Morgan fingerprint density at radius 1 is 0.778 bits per heavy atom. The number of nitro benzene ring substituents is 2. The summed E-state index contributed by atoms with van der Waals surface area (Å²) in [4.78, 5) is 20.2. The number of halogens is 6. The van der Waals surface area contributed by atoms with E-state index in [9.17, 15) is 46.6 Å². The predicted octanol–water partition coefficient (Wildman–Crippen LogP) is 6.78. The lowest BCUT2D eigenvalue weighted by Gasteiger charge is -2.10. The summed E-state index contributed by atoms with van der Waals surface area (Å²) in [6.07, 6.45) is -8.37. The van der Waals surface area contributed by atoms with Gasteiger partial charge in [0.2, 0.25) is 5.75 Å². The van der Waals surface area contributed by atoms with Crippen LogP contribution in [-0.4, -0.2) is 16.1 Å². The van der Waals surface area contributed by atoms with E-state index < -0.39 is 50.5 Å². The molecule has 0 unspecified atom stereocenters. The number of anilines is 1. The van der Waals surface area contributed by atoms with Gasteiger partial charge >= 0.3 is 18.0 Å². The molecule has 188 valence electrons. The molecule has 9 nitrogen and oxygen atoms in total. The molecule has 0 aliphatic carbocycles. The van der Waals surface area contributed by atoms with E-state index in [1.54, 1.807) is 0 Å². The number of hydrazone groups is 1. The third kappa shape index (κ3) is 6.25. The van der Waals surface area contributed by atoms with Gasteiger partial charge in [0.05, 0.1) is 27.2 Å². The van der Waals surface area contributed by atoms with Crippen molar-refractivity contribution in [3.63, 3.8) is 0 Å². The standard InChI is InChI=1S/C21H12F6N4O5/c22-20(23,24)13-3-7-16(17(9-13)30(32)33)29-28-11-12-1-5-15(6-2-12)36-19-8-4-14(21(25,26)27)10-18(19)31(34)35/h1-11,29H/b28-11-. The van der Waals surface area contributed by atoms with Crippen molar-refractivity contribution in [3.05, 3.63) is 97.6 Å². The van der Waals surface area contributed by atoms with Crippen LogP contribution in [0.3, 0.4) is 0 Å². The lowest BCUT2D eigenvalue weighted by molar-refractivity contribution is -0.385. The number of nitro groups is 2. The maximum Gasteiger partial charge on any atom is 0.416 e. The maximum atomic E-state index is 12.8. The molecule has 1 N–H and O–H groups in total. The highest BCUT2D eigenvalue weighted by Crippen LogP contribution is 2.38. The summed E-state index contributed by atoms with van der Waals surface area (Å²) in [6, 6.07) is 9.12. The number of benzene rings is 3. The van der Waals surface area contributed by atoms with E-state index in [0.717, 1.165) is 12.1 Å². The first-order valence-electron chi connectivity index (χ1n) is 9.54. The molecule has 3 aromatic rings. The van der Waals surface area contributed by atoms with Crippen LogP contribution in [-0.2, 0) is 12.4 Å². The van der Waals surface area contributed by atoms with E-state index in [1.807, 2.05) is 0 Å². The van der Waals surface area contributed by atoms with E-state index in [2.05, 4.69) is 10.5 Å². The molecule has 3 aromatic carbocycles. The lowest BCUT2D eigenvalue weighted by atomic mass is 10.1. The van der Waals surface area contributed by atoms with Gasteiger partial charge in [0.1, 0.15) is 11.4 Å². The Bertz CT molecular complexity index is 1320. The topological polar surface area (TPSA) is 120 Å². The Morgan fingerprint density at radius 3 is 1.83 bits per heavy atom. The summed E-state index contributed by atoms with van der Waals surface area (Å²) in [5.74, 6) is -0.382. The van der Waals surface area contributed by atoms with Gasteiger partial charge in [0.15, 0.2) is 0 Å². The van der Waals surface area contributed by atoms with Gasteiger partial charge < -0.3 is 4.74 Å². The van der Waals surface area contributed by atoms with Crippen molar-refractivity contribution in [2.45, 2.75) is 12.4 Å². The summed E-state index contributed by atoms with van der Waals surface area (Å²) in [5.41, 5.74) is -1.79. The molecular formula is C21H12F6N4O5. The molecule has 0 amide bonds. The molecule has 0 aliphatic heterocycles. The molecule has 0 aliphatic rings. The number of ether oxygens (including phenoxy) is 1. The van der Waals surface area contributed by atoms with E-state index >= 15 is 0 Å². The van der Waals surface area contributed by atoms with E-state index in [4.69, 9.17) is 4.74 Å². The van der Waals surface area contributed by atoms with Gasteiger partial charge in [-0.05, 0) is 54.1 Å². The van der Waals surface area contributed by atoms with Crippen LogP contribution in [0.1, 0.15) is 16.7 Å². The average molecular weight is 514 g/mol. The molecule has 0 aromatic heterocycles. The number of alkyl halides is 6. The van der Waals surface area contributed by atoms with Crippen LogP contribution in [0.15, 0.2) is 65.8 Å². The SMILES string of the molecule is O=[N+]([O-])c1cc(C(F)(F)F)ccc1N/N=C\c1ccc(Oc2ccc(C(F)(F)F)cc2[N+](=O)[O-])cc1. The molecule has 0 spiro atoms. The van der Waals surface area contributed by atoms with Crippen molar-refractivity contribution in [2.75, 3.05) is 5.43 Å². The molecule has 0 heterocycles. The van der Waals surface area contributed by atoms with Crippen LogP contribution >= 0.6 is 0 Å². The van der Waals surface area contributed by atoms with Crippen molar-refractivity contribution >= 4 is 23.3 Å². The minimum absolute atomic E-state index is 0.0429. The Labute approximate surface area is 196 Å². The second-order valence-electron chi connectivity index (χ2n) is 6.97. The molecule has 3 rings (SSSR count). The molecular weight excluding hydrogens is 502 g/mol. The number of rotatable bonds is 7. The summed E-state index contributed by atoms with van der Waals surface area (Å²) in [5, 5.41) is 26.0. The fourth-order valence-electron chi connectivity index (χ4n) is 2.80. The first-order chi connectivity index (χ1) is 16.8. The zero-order valence-electron chi connectivity index (χ0n) is 17.5. The molecule has 36 heavy (non-hydrogen) atoms. The second kappa shape index (κ2) is 9.89. The number of nitrogens with zero attached hydrogens (tertiary/aromatic N) is 3. The van der Waals surface area contributed by atoms with Gasteiger partial charge in [-0.2, -0.15) is 31.4 Å². The second-order valence-corrected chi connectivity index (χ2v) is 6.97. The molecule has 0 fully saturated rings. The third-order valence-corrected chi connectivity index (χ3v) is 4.51. The molecule has 0 radical (unpaired) electrons. The molecule has 0 saturated heterocycles. The fourth-order valence-corrected chi connectivity index (χ4v) is 2.80. The molecule has 0 saturated carbocycles. The highest BCUT2D eigenvalue weighted by molar-refractivity contribution is 5.80. The Hall–Kier alpha value is -4.69. The van der Waals surface area contributed by atoms with E-state index in [-0.39, 0.29) is 11.4 Å². The monoisotopic (exact) mass is 514 g/mol. The molecule has 0 atom stereocenters. The first kappa shape index (κ1) is 25.9. The van der Waals surface area contributed by atoms with E-state index in [1.165, 1.54) is 30.5 Å². The van der Waals surface area contributed by atoms with Crippen molar-refractivity contribution in [1.29, 1.82) is 0 Å². The van der Waals surface area contributed by atoms with Gasteiger partial charge in [-0.25, -0.2) is 0 Å². The summed E-state index contributed by atoms with van der Waals surface area (Å²) in [7, 11) is 0. The van der Waals surface area contributed by atoms with Crippen LogP contribution < -0.4 is 10.2 Å². The van der Waals surface area contributed by atoms with E-state index in [0.29, 0.717) is 29.8 Å². The molecule has 0 bridgehead atoms. The number of hydrogen-bond acceptors (Lipinski definition) is 7. The first-order valence-corrected chi connectivity index (χ1v) is 9.54. The van der Waals surface area contributed by atoms with Crippen LogP contribution in [0.25, 0.3) is 0 Å². The van der Waals surface area contributed by atoms with Crippen LogP contribution in [0.4, 0.5) is 43.4 Å². The lowest BCUT2D eigenvalue weighted by Crippen LogP contribution is -2.06. The Kier molecular flexibility index (Phi) is 7.12. The normalized spacial score (nSPS) is 11.9. The van der Waals surface area contributed by atoms with Crippen LogP contribution in [0.5, 0.6) is 11.5 Å². The summed E-state index contributed by atoms with van der Waals surface area (Å²) >= 11 is 0. The summed E-state index contributed by atoms with van der Waals surface area (Å²) in [6.45, 7) is 0. The van der Waals surface area contributed by atoms with Crippen LogP contribution in [0, 0.1) is 20.2 Å². The zero-order chi connectivity index (χ0) is 26.7. The number of nitrogens with one attached hydrogen (secondary N) is 1. The largest absolute Gasteiger partial charge is 0.450 e. The van der Waals surface area contributed by atoms with Gasteiger partial charge in [-0.3, -0.25) is 25.7 Å². The van der Waals surface area contributed by atoms with Crippen molar-refractivity contribution in [1.82, 2.24) is 0 Å². The maximum absolute atomic E-state index is 12.8. The Morgan fingerprint density at radius 2 is 1.31 bits per heavy atom. The van der Waals surface area contributed by atoms with Gasteiger partial charge in [-0.15, -0.1) is 0 Å². The predicted molar refractivity (Wildman–Crippen MR) is 114 cm³/mol. The average Bonchev–Trinajstić information content (AvgIpc) is 2.79. The van der Waals surface area contributed by atoms with Crippen LogP contribution in [0.2, 0.25) is 0 Å².